The standard InChI is InChI=1S/C16H26N2O/c1-3-13-8-7-11-18(13)15(12-17)14-9-5-6-10-16(14)19-4-2/h5-6,9-10,13,15H,3-4,7-8,11-12,17H2,1-2H3. The Kier molecular flexibility index (Phi) is 5.23. The van der Waals surface area contributed by atoms with Crippen LogP contribution in [0.1, 0.15) is 44.7 Å². The van der Waals surface area contributed by atoms with Gasteiger partial charge in [-0.15, -0.1) is 0 Å². The Morgan fingerprint density at radius 3 is 2.84 bits per heavy atom. The molecule has 0 amide bonds. The van der Waals surface area contributed by atoms with Crippen LogP contribution in [0.25, 0.3) is 0 Å². The minimum atomic E-state index is 0.287. The van der Waals surface area contributed by atoms with Gasteiger partial charge in [0.15, 0.2) is 0 Å². The summed E-state index contributed by atoms with van der Waals surface area (Å²) in [5, 5.41) is 0. The molecule has 106 valence electrons. The van der Waals surface area contributed by atoms with Crippen molar-refractivity contribution in [2.75, 3.05) is 19.7 Å². The number of rotatable bonds is 6. The topological polar surface area (TPSA) is 38.5 Å². The van der Waals surface area contributed by atoms with Gasteiger partial charge in [0.2, 0.25) is 0 Å². The molecule has 1 aliphatic rings. The molecule has 0 radical (unpaired) electrons. The molecule has 0 bridgehead atoms. The van der Waals surface area contributed by atoms with Crippen molar-refractivity contribution >= 4 is 0 Å². The molecule has 1 aromatic rings. The van der Waals surface area contributed by atoms with Crippen molar-refractivity contribution in [1.82, 2.24) is 4.90 Å². The largest absolute Gasteiger partial charge is 0.494 e. The molecule has 1 aliphatic heterocycles. The van der Waals surface area contributed by atoms with Crippen LogP contribution in [0.5, 0.6) is 5.75 Å². The number of nitrogens with two attached hydrogens (primary N) is 1. The van der Waals surface area contributed by atoms with E-state index in [-0.39, 0.29) is 6.04 Å². The van der Waals surface area contributed by atoms with Crippen LogP contribution < -0.4 is 10.5 Å². The van der Waals surface area contributed by atoms with E-state index < -0.39 is 0 Å². The van der Waals surface area contributed by atoms with Gasteiger partial charge in [-0.3, -0.25) is 4.90 Å². The Morgan fingerprint density at radius 1 is 1.37 bits per heavy atom. The number of hydrogen-bond acceptors (Lipinski definition) is 3. The normalized spacial score (nSPS) is 21.5. The van der Waals surface area contributed by atoms with Gasteiger partial charge in [0, 0.05) is 18.2 Å². The Morgan fingerprint density at radius 2 is 2.16 bits per heavy atom. The van der Waals surface area contributed by atoms with Crippen molar-refractivity contribution in [1.29, 1.82) is 0 Å². The maximum Gasteiger partial charge on any atom is 0.124 e. The van der Waals surface area contributed by atoms with E-state index in [0.717, 1.165) is 12.3 Å². The van der Waals surface area contributed by atoms with Gasteiger partial charge in [0.05, 0.1) is 12.6 Å². The number of likely N-dealkylation sites (tertiary alicyclic amines) is 1. The van der Waals surface area contributed by atoms with Gasteiger partial charge < -0.3 is 10.5 Å². The minimum absolute atomic E-state index is 0.287. The average Bonchev–Trinajstić information content (AvgIpc) is 2.90. The molecule has 3 nitrogen and oxygen atoms in total. The predicted octanol–water partition coefficient (Wildman–Crippen LogP) is 2.96. The Labute approximate surface area is 116 Å². The molecule has 2 unspecified atom stereocenters. The monoisotopic (exact) mass is 262 g/mol. The van der Waals surface area contributed by atoms with E-state index in [4.69, 9.17) is 10.5 Å². The fourth-order valence-corrected chi connectivity index (χ4v) is 3.19. The zero-order valence-electron chi connectivity index (χ0n) is 12.1. The third-order valence-electron chi connectivity index (χ3n) is 4.10. The van der Waals surface area contributed by atoms with Gasteiger partial charge in [0.25, 0.3) is 0 Å². The van der Waals surface area contributed by atoms with Crippen LogP contribution in [-0.2, 0) is 0 Å². The van der Waals surface area contributed by atoms with E-state index in [0.29, 0.717) is 19.2 Å². The Hall–Kier alpha value is -1.06. The predicted molar refractivity (Wildman–Crippen MR) is 79.4 cm³/mol. The molecule has 1 fully saturated rings. The van der Waals surface area contributed by atoms with Crippen molar-refractivity contribution in [2.24, 2.45) is 5.73 Å². The lowest BCUT2D eigenvalue weighted by Gasteiger charge is -2.33. The highest BCUT2D eigenvalue weighted by atomic mass is 16.5. The first-order valence-corrected chi connectivity index (χ1v) is 7.49. The SMILES string of the molecule is CCOc1ccccc1C(CN)N1CCCC1CC. The number of ether oxygens (including phenoxy) is 1. The van der Waals surface area contributed by atoms with E-state index in [9.17, 15) is 0 Å². The average molecular weight is 262 g/mol. The summed E-state index contributed by atoms with van der Waals surface area (Å²) < 4.78 is 5.77. The second-order valence-electron chi connectivity index (χ2n) is 5.16. The number of benzene rings is 1. The van der Waals surface area contributed by atoms with Gasteiger partial charge >= 0.3 is 0 Å². The van der Waals surface area contributed by atoms with Crippen molar-refractivity contribution < 1.29 is 4.74 Å². The van der Waals surface area contributed by atoms with Crippen molar-refractivity contribution in [3.63, 3.8) is 0 Å². The van der Waals surface area contributed by atoms with Crippen LogP contribution in [0.4, 0.5) is 0 Å². The van der Waals surface area contributed by atoms with Crippen molar-refractivity contribution in [2.45, 2.75) is 45.2 Å². The van der Waals surface area contributed by atoms with Crippen LogP contribution in [0.15, 0.2) is 24.3 Å². The van der Waals surface area contributed by atoms with Crippen LogP contribution >= 0.6 is 0 Å². The van der Waals surface area contributed by atoms with Gasteiger partial charge in [-0.2, -0.15) is 0 Å². The molecular weight excluding hydrogens is 236 g/mol. The summed E-state index contributed by atoms with van der Waals surface area (Å²) in [5.41, 5.74) is 7.31. The van der Waals surface area contributed by atoms with Crippen LogP contribution in [-0.4, -0.2) is 30.6 Å². The molecule has 1 saturated heterocycles. The van der Waals surface area contributed by atoms with Crippen LogP contribution in [0.3, 0.4) is 0 Å². The summed E-state index contributed by atoms with van der Waals surface area (Å²) in [6, 6.07) is 9.28. The summed E-state index contributed by atoms with van der Waals surface area (Å²) in [5.74, 6) is 0.988. The number of para-hydroxylation sites is 1. The van der Waals surface area contributed by atoms with Crippen molar-refractivity contribution in [3.05, 3.63) is 29.8 Å². The molecule has 19 heavy (non-hydrogen) atoms. The zero-order valence-corrected chi connectivity index (χ0v) is 12.1. The highest BCUT2D eigenvalue weighted by Gasteiger charge is 2.30. The first kappa shape index (κ1) is 14.4. The lowest BCUT2D eigenvalue weighted by molar-refractivity contribution is 0.176. The van der Waals surface area contributed by atoms with Crippen molar-refractivity contribution in [3.8, 4) is 5.75 Å². The van der Waals surface area contributed by atoms with Gasteiger partial charge in [-0.05, 0) is 38.8 Å². The molecule has 1 aromatic carbocycles. The first-order chi connectivity index (χ1) is 9.31. The van der Waals surface area contributed by atoms with Gasteiger partial charge in [-0.1, -0.05) is 25.1 Å². The maximum absolute atomic E-state index is 6.07. The number of nitrogens with zero attached hydrogens (tertiary/aromatic N) is 1. The zero-order chi connectivity index (χ0) is 13.7. The third-order valence-corrected chi connectivity index (χ3v) is 4.10. The highest BCUT2D eigenvalue weighted by Crippen LogP contribution is 2.34. The van der Waals surface area contributed by atoms with E-state index in [1.54, 1.807) is 0 Å². The molecular formula is C16H26N2O. The molecule has 1 heterocycles. The molecule has 0 aromatic heterocycles. The fourth-order valence-electron chi connectivity index (χ4n) is 3.19. The van der Waals surface area contributed by atoms with Crippen LogP contribution in [0, 0.1) is 0 Å². The van der Waals surface area contributed by atoms with E-state index in [1.807, 2.05) is 13.0 Å². The lowest BCUT2D eigenvalue weighted by atomic mass is 10.0. The van der Waals surface area contributed by atoms with Crippen LogP contribution in [0.2, 0.25) is 0 Å². The Bertz CT molecular complexity index is 394. The molecule has 2 N–H and O–H groups in total. The quantitative estimate of drug-likeness (QED) is 0.856. The molecule has 0 aliphatic carbocycles. The summed E-state index contributed by atoms with van der Waals surface area (Å²) in [6.45, 7) is 6.80. The highest BCUT2D eigenvalue weighted by molar-refractivity contribution is 5.36. The van der Waals surface area contributed by atoms with E-state index in [2.05, 4.69) is 30.0 Å². The van der Waals surface area contributed by atoms with E-state index >= 15 is 0 Å². The smallest absolute Gasteiger partial charge is 0.124 e. The number of hydrogen-bond donors (Lipinski definition) is 1. The first-order valence-electron chi connectivity index (χ1n) is 7.49. The fraction of sp³-hybridized carbons (Fsp3) is 0.625. The summed E-state index contributed by atoms with van der Waals surface area (Å²) >= 11 is 0. The minimum Gasteiger partial charge on any atom is -0.494 e. The second-order valence-corrected chi connectivity index (χ2v) is 5.16. The van der Waals surface area contributed by atoms with Gasteiger partial charge in [-0.25, -0.2) is 0 Å². The lowest BCUT2D eigenvalue weighted by Crippen LogP contribution is -2.37. The second kappa shape index (κ2) is 6.92. The summed E-state index contributed by atoms with van der Waals surface area (Å²) in [7, 11) is 0. The Balaban J connectivity index is 2.26. The third kappa shape index (κ3) is 3.10. The molecule has 3 heteroatoms. The molecule has 2 rings (SSSR count). The van der Waals surface area contributed by atoms with E-state index in [1.165, 1.54) is 24.8 Å². The molecule has 0 saturated carbocycles. The summed E-state index contributed by atoms with van der Waals surface area (Å²) in [6.07, 6.45) is 3.78. The summed E-state index contributed by atoms with van der Waals surface area (Å²) in [4.78, 5) is 2.57. The maximum atomic E-state index is 6.07. The molecule has 2 atom stereocenters. The molecule has 0 spiro atoms. The van der Waals surface area contributed by atoms with Gasteiger partial charge in [0.1, 0.15) is 5.75 Å².